The molecule has 3 saturated heterocycles. The highest BCUT2D eigenvalue weighted by molar-refractivity contribution is 9.10. The molecule has 6 rings (SSSR count). The molecular weight excluding hydrogens is 474 g/mol. The number of nitrogens with one attached hydrogen (secondary N) is 1. The summed E-state index contributed by atoms with van der Waals surface area (Å²) >= 11 is 3.56. The van der Waals surface area contributed by atoms with Gasteiger partial charge >= 0.3 is 0 Å². The number of carbonyl (C=O) groups is 1. The predicted molar refractivity (Wildman–Crippen MR) is 137 cm³/mol. The van der Waals surface area contributed by atoms with Crippen LogP contribution in [-0.2, 0) is 11.2 Å². The zero-order valence-corrected chi connectivity index (χ0v) is 20.1. The van der Waals surface area contributed by atoms with Crippen molar-refractivity contribution in [1.82, 2.24) is 15.2 Å². The summed E-state index contributed by atoms with van der Waals surface area (Å²) in [5, 5.41) is 3.36. The highest BCUT2D eigenvalue weighted by atomic mass is 79.9. The summed E-state index contributed by atoms with van der Waals surface area (Å²) in [6, 6.07) is 21.1. The lowest BCUT2D eigenvalue weighted by atomic mass is 9.77. The van der Waals surface area contributed by atoms with Crippen LogP contribution in [0.25, 0.3) is 17.2 Å². The van der Waals surface area contributed by atoms with Gasteiger partial charge < -0.3 is 5.32 Å². The summed E-state index contributed by atoms with van der Waals surface area (Å²) in [4.78, 5) is 19.9. The molecule has 2 bridgehead atoms. The molecule has 168 valence electrons. The summed E-state index contributed by atoms with van der Waals surface area (Å²) in [6.07, 6.45) is 10.6. The fraction of sp³-hybridized carbons (Fsp3) is 0.286. The zero-order valence-electron chi connectivity index (χ0n) is 18.5. The Bertz CT molecular complexity index is 1140. The molecule has 2 atom stereocenters. The number of halogens is 1. The molecule has 2 aromatic carbocycles. The van der Waals surface area contributed by atoms with E-state index in [2.05, 4.69) is 61.5 Å². The van der Waals surface area contributed by atoms with Gasteiger partial charge in [-0.2, -0.15) is 0 Å². The fourth-order valence-electron chi connectivity index (χ4n) is 5.32. The molecule has 2 unspecified atom stereocenters. The van der Waals surface area contributed by atoms with Gasteiger partial charge in [0.1, 0.15) is 0 Å². The summed E-state index contributed by atoms with van der Waals surface area (Å²) in [7, 11) is 0. The van der Waals surface area contributed by atoms with Gasteiger partial charge in [-0.1, -0.05) is 58.4 Å². The molecule has 1 aromatic heterocycles. The molecular formula is C28H28BrN3O. The molecule has 0 aliphatic carbocycles. The number of carbonyl (C=O) groups excluding carboxylic acids is 1. The maximum Gasteiger partial charge on any atom is 0.244 e. The van der Waals surface area contributed by atoms with Gasteiger partial charge in [0.2, 0.25) is 5.91 Å². The van der Waals surface area contributed by atoms with E-state index in [4.69, 9.17) is 0 Å². The van der Waals surface area contributed by atoms with E-state index in [0.29, 0.717) is 12.0 Å². The number of hydrogen-bond acceptors (Lipinski definition) is 3. The van der Waals surface area contributed by atoms with Crippen LogP contribution in [0.15, 0.2) is 83.6 Å². The number of hydrogen-bond donors (Lipinski definition) is 1. The predicted octanol–water partition coefficient (Wildman–Crippen LogP) is 5.35. The second-order valence-electron chi connectivity index (χ2n) is 8.97. The van der Waals surface area contributed by atoms with E-state index in [-0.39, 0.29) is 11.9 Å². The first-order valence-corrected chi connectivity index (χ1v) is 12.4. The van der Waals surface area contributed by atoms with E-state index in [1.165, 1.54) is 5.56 Å². The van der Waals surface area contributed by atoms with Gasteiger partial charge in [-0.3, -0.25) is 14.7 Å². The number of nitrogens with zero attached hydrogens (tertiary/aromatic N) is 2. The number of benzene rings is 2. The molecule has 4 heterocycles. The minimum atomic E-state index is -0.0195. The third-order valence-electron chi connectivity index (χ3n) is 6.95. The lowest BCUT2D eigenvalue weighted by molar-refractivity contribution is -0.119. The molecule has 0 saturated carbocycles. The van der Waals surface area contributed by atoms with Crippen LogP contribution in [0, 0.1) is 5.92 Å². The van der Waals surface area contributed by atoms with Crippen molar-refractivity contribution in [2.24, 2.45) is 5.92 Å². The van der Waals surface area contributed by atoms with Gasteiger partial charge in [-0.05, 0) is 84.8 Å². The molecule has 3 aromatic rings. The Hall–Kier alpha value is -2.76. The van der Waals surface area contributed by atoms with E-state index in [0.717, 1.165) is 53.5 Å². The van der Waals surface area contributed by atoms with Crippen LogP contribution in [0.5, 0.6) is 0 Å². The van der Waals surface area contributed by atoms with E-state index in [9.17, 15) is 4.79 Å². The van der Waals surface area contributed by atoms with E-state index in [1.54, 1.807) is 6.08 Å². The van der Waals surface area contributed by atoms with E-state index >= 15 is 0 Å². The van der Waals surface area contributed by atoms with Crippen LogP contribution in [0.3, 0.4) is 0 Å². The quantitative estimate of drug-likeness (QED) is 0.463. The van der Waals surface area contributed by atoms with E-state index < -0.39 is 0 Å². The Kier molecular flexibility index (Phi) is 6.70. The Balaban J connectivity index is 1.32. The zero-order chi connectivity index (χ0) is 22.6. The van der Waals surface area contributed by atoms with Gasteiger partial charge in [0.15, 0.2) is 0 Å². The van der Waals surface area contributed by atoms with Crippen molar-refractivity contribution in [2.45, 2.75) is 31.3 Å². The van der Waals surface area contributed by atoms with Crippen molar-refractivity contribution in [2.75, 3.05) is 13.1 Å². The van der Waals surface area contributed by atoms with Crippen LogP contribution in [0.2, 0.25) is 0 Å². The average Bonchev–Trinajstić information content (AvgIpc) is 2.85. The monoisotopic (exact) mass is 501 g/mol. The van der Waals surface area contributed by atoms with Gasteiger partial charge in [0, 0.05) is 35.0 Å². The fourth-order valence-corrected chi connectivity index (χ4v) is 5.72. The average molecular weight is 502 g/mol. The molecule has 33 heavy (non-hydrogen) atoms. The van der Waals surface area contributed by atoms with Crippen molar-refractivity contribution in [3.8, 4) is 11.1 Å². The summed E-state index contributed by atoms with van der Waals surface area (Å²) < 4.78 is 1.04. The van der Waals surface area contributed by atoms with Crippen LogP contribution in [-0.4, -0.2) is 41.0 Å². The number of aromatic nitrogens is 1. The van der Waals surface area contributed by atoms with Crippen LogP contribution in [0.1, 0.15) is 24.0 Å². The highest BCUT2D eigenvalue weighted by Crippen LogP contribution is 2.34. The second-order valence-corrected chi connectivity index (χ2v) is 9.89. The van der Waals surface area contributed by atoms with Gasteiger partial charge in [-0.25, -0.2) is 0 Å². The Morgan fingerprint density at radius 1 is 1.09 bits per heavy atom. The van der Waals surface area contributed by atoms with E-state index in [1.807, 2.05) is 48.8 Å². The van der Waals surface area contributed by atoms with Crippen molar-refractivity contribution >= 4 is 27.9 Å². The molecule has 0 radical (unpaired) electrons. The highest BCUT2D eigenvalue weighted by Gasteiger charge is 2.42. The molecule has 0 spiro atoms. The lowest BCUT2D eigenvalue weighted by Crippen LogP contribution is -2.64. The van der Waals surface area contributed by atoms with Crippen molar-refractivity contribution in [3.05, 3.63) is 94.7 Å². The second kappa shape index (κ2) is 10.0. The van der Waals surface area contributed by atoms with Crippen molar-refractivity contribution < 1.29 is 4.79 Å². The third-order valence-corrected chi connectivity index (χ3v) is 7.45. The Morgan fingerprint density at radius 2 is 1.94 bits per heavy atom. The van der Waals surface area contributed by atoms with Crippen LogP contribution >= 0.6 is 15.9 Å². The lowest BCUT2D eigenvalue weighted by Gasteiger charge is -2.51. The Labute approximate surface area is 203 Å². The normalized spacial score (nSPS) is 24.2. The molecule has 4 nitrogen and oxygen atoms in total. The molecule has 3 fully saturated rings. The summed E-state index contributed by atoms with van der Waals surface area (Å²) in [5.41, 5.74) is 4.50. The van der Waals surface area contributed by atoms with Gasteiger partial charge in [0.05, 0.1) is 0 Å². The summed E-state index contributed by atoms with van der Waals surface area (Å²) in [6.45, 7) is 2.25. The maximum atomic E-state index is 13.0. The molecule has 1 N–H and O–H groups in total. The number of pyridine rings is 1. The molecule has 3 aliphatic rings. The van der Waals surface area contributed by atoms with Gasteiger partial charge in [-0.15, -0.1) is 0 Å². The topological polar surface area (TPSA) is 45.2 Å². The minimum absolute atomic E-state index is 0.0195. The Morgan fingerprint density at radius 3 is 2.73 bits per heavy atom. The molecule has 1 amide bonds. The number of rotatable bonds is 6. The largest absolute Gasteiger partial charge is 0.348 e. The van der Waals surface area contributed by atoms with Crippen LogP contribution < -0.4 is 5.32 Å². The first-order valence-electron chi connectivity index (χ1n) is 11.6. The maximum absolute atomic E-state index is 13.0. The number of amides is 1. The standard InChI is InChI=1S/C28H28BrN3O/c29-24-8-3-7-23(18-24)25-9-2-1-6-21(25)10-11-27(33)31-28-22-12-15-32(16-13-22)26(28)17-20-5-4-14-30-19-20/h1-11,14,18-19,22,26,28H,12-13,15-17H2,(H,31,33). The first-order chi connectivity index (χ1) is 16.2. The number of fused-ring (bicyclic) bond motifs is 3. The third kappa shape index (κ3) is 5.10. The van der Waals surface area contributed by atoms with Crippen molar-refractivity contribution in [3.63, 3.8) is 0 Å². The smallest absolute Gasteiger partial charge is 0.244 e. The first kappa shape index (κ1) is 22.1. The molecule has 3 aliphatic heterocycles. The SMILES string of the molecule is O=C(C=Cc1ccccc1-c1cccc(Br)c1)NC1C2CCN(CC2)C1Cc1cccnc1. The minimum Gasteiger partial charge on any atom is -0.348 e. The van der Waals surface area contributed by atoms with Crippen molar-refractivity contribution in [1.29, 1.82) is 0 Å². The summed E-state index contributed by atoms with van der Waals surface area (Å²) in [5.74, 6) is 0.525. The number of piperidine rings is 3. The van der Waals surface area contributed by atoms with Gasteiger partial charge in [0.25, 0.3) is 0 Å². The van der Waals surface area contributed by atoms with Crippen LogP contribution in [0.4, 0.5) is 0 Å². The molecule has 5 heteroatoms.